The zero-order chi connectivity index (χ0) is 18.5. The second-order valence-electron chi connectivity index (χ2n) is 5.28. The van der Waals surface area contributed by atoms with Crippen molar-refractivity contribution >= 4 is 39.8 Å². The van der Waals surface area contributed by atoms with Crippen molar-refractivity contribution < 1.29 is 9.53 Å². The molecule has 0 saturated carbocycles. The van der Waals surface area contributed by atoms with Gasteiger partial charge in [0.15, 0.2) is 0 Å². The van der Waals surface area contributed by atoms with Crippen LogP contribution in [-0.4, -0.2) is 23.2 Å². The van der Waals surface area contributed by atoms with Gasteiger partial charge in [0.1, 0.15) is 17.4 Å². The summed E-state index contributed by atoms with van der Waals surface area (Å²) in [5, 5.41) is 23.0. The van der Waals surface area contributed by atoms with E-state index in [2.05, 4.69) is 20.8 Å². The van der Waals surface area contributed by atoms with E-state index in [1.165, 1.54) is 13.3 Å². The highest BCUT2D eigenvalue weighted by Crippen LogP contribution is 2.28. The molecule has 0 atom stereocenters. The van der Waals surface area contributed by atoms with Gasteiger partial charge in [0, 0.05) is 22.3 Å². The molecule has 1 aromatic heterocycles. The molecule has 2 aromatic carbocycles. The molecule has 0 aliphatic heterocycles. The lowest BCUT2D eigenvalue weighted by Gasteiger charge is -2.10. The van der Waals surface area contributed by atoms with Gasteiger partial charge in [0.05, 0.1) is 24.5 Å². The number of hydrogen-bond donors (Lipinski definition) is 3. The largest absolute Gasteiger partial charge is 0.495 e. The number of carbonyl (C=O) groups is 1. The highest BCUT2D eigenvalue weighted by molar-refractivity contribution is 6.31. The minimum atomic E-state index is -0.580. The average Bonchev–Trinajstić information content (AvgIpc) is 3.10. The van der Waals surface area contributed by atoms with E-state index in [0.717, 1.165) is 10.9 Å². The van der Waals surface area contributed by atoms with Crippen molar-refractivity contribution in [2.45, 2.75) is 0 Å². The van der Waals surface area contributed by atoms with Crippen LogP contribution in [0.25, 0.3) is 10.9 Å². The first-order chi connectivity index (χ1) is 12.6. The summed E-state index contributed by atoms with van der Waals surface area (Å²) in [5.41, 5.74) is 1.83. The minimum Gasteiger partial charge on any atom is -0.495 e. The number of nitrogens with zero attached hydrogens (tertiary/aromatic N) is 2. The number of methoxy groups -OCH3 is 1. The zero-order valence-corrected chi connectivity index (χ0v) is 14.5. The number of aromatic amines is 1. The van der Waals surface area contributed by atoms with Crippen molar-refractivity contribution in [2.75, 3.05) is 17.7 Å². The fourth-order valence-corrected chi connectivity index (χ4v) is 2.47. The fourth-order valence-electron chi connectivity index (χ4n) is 2.30. The standard InChI is InChI=1S/C18H14ClN5O2/c1-26-17-5-3-13(19)6-16(17)23-18(25)12(8-20)9-21-14-4-2-11-10-22-24-15(11)7-14/h2-7,9-10,21H,1H3,(H,22,24)(H,23,25)/b12-9-. The first-order valence-corrected chi connectivity index (χ1v) is 7.93. The molecule has 1 heterocycles. The van der Waals surface area contributed by atoms with Crippen LogP contribution >= 0.6 is 11.6 Å². The second-order valence-corrected chi connectivity index (χ2v) is 5.72. The number of anilines is 2. The zero-order valence-electron chi connectivity index (χ0n) is 13.7. The molecule has 0 unspecified atom stereocenters. The Morgan fingerprint density at radius 2 is 2.19 bits per heavy atom. The van der Waals surface area contributed by atoms with Crippen LogP contribution in [0.15, 0.2) is 54.4 Å². The third-order valence-electron chi connectivity index (χ3n) is 3.60. The van der Waals surface area contributed by atoms with Gasteiger partial charge in [0.2, 0.25) is 0 Å². The van der Waals surface area contributed by atoms with Gasteiger partial charge < -0.3 is 15.4 Å². The maximum atomic E-state index is 12.4. The lowest BCUT2D eigenvalue weighted by molar-refractivity contribution is -0.112. The number of rotatable bonds is 5. The lowest BCUT2D eigenvalue weighted by Crippen LogP contribution is -2.15. The first kappa shape index (κ1) is 17.3. The van der Waals surface area contributed by atoms with Crippen LogP contribution in [0.4, 0.5) is 11.4 Å². The van der Waals surface area contributed by atoms with E-state index in [1.54, 1.807) is 24.4 Å². The number of ether oxygens (including phenoxy) is 1. The van der Waals surface area contributed by atoms with E-state index < -0.39 is 5.91 Å². The third kappa shape index (κ3) is 3.77. The summed E-state index contributed by atoms with van der Waals surface area (Å²) >= 11 is 5.94. The van der Waals surface area contributed by atoms with E-state index in [1.807, 2.05) is 24.3 Å². The van der Waals surface area contributed by atoms with Crippen LogP contribution in [-0.2, 0) is 4.79 Å². The van der Waals surface area contributed by atoms with E-state index in [0.29, 0.717) is 22.1 Å². The molecular formula is C18H14ClN5O2. The Balaban J connectivity index is 1.77. The SMILES string of the molecule is COc1ccc(Cl)cc1NC(=O)/C(C#N)=C\Nc1ccc2cn[nH]c2c1. The third-order valence-corrected chi connectivity index (χ3v) is 3.84. The molecule has 0 aliphatic carbocycles. The predicted molar refractivity (Wildman–Crippen MR) is 100 cm³/mol. The smallest absolute Gasteiger partial charge is 0.267 e. The monoisotopic (exact) mass is 367 g/mol. The molecule has 0 saturated heterocycles. The Bertz CT molecular complexity index is 1040. The van der Waals surface area contributed by atoms with Crippen molar-refractivity contribution in [3.8, 4) is 11.8 Å². The number of H-pyrrole nitrogens is 1. The van der Waals surface area contributed by atoms with E-state index in [-0.39, 0.29) is 5.57 Å². The molecule has 1 amide bonds. The molecular weight excluding hydrogens is 354 g/mol. The first-order valence-electron chi connectivity index (χ1n) is 7.55. The summed E-state index contributed by atoms with van der Waals surface area (Å²) in [4.78, 5) is 12.4. The highest BCUT2D eigenvalue weighted by Gasteiger charge is 2.13. The Morgan fingerprint density at radius 1 is 1.35 bits per heavy atom. The molecule has 3 N–H and O–H groups in total. The Kier molecular flexibility index (Phi) is 5.06. The van der Waals surface area contributed by atoms with Crippen molar-refractivity contribution in [2.24, 2.45) is 0 Å². The Hall–Kier alpha value is -3.50. The number of halogens is 1. The fraction of sp³-hybridized carbons (Fsp3) is 0.0556. The van der Waals surface area contributed by atoms with E-state index >= 15 is 0 Å². The van der Waals surface area contributed by atoms with Crippen LogP contribution in [0.1, 0.15) is 0 Å². The summed E-state index contributed by atoms with van der Waals surface area (Å²) in [7, 11) is 1.48. The van der Waals surface area contributed by atoms with E-state index in [9.17, 15) is 10.1 Å². The number of fused-ring (bicyclic) bond motifs is 1. The molecule has 130 valence electrons. The summed E-state index contributed by atoms with van der Waals surface area (Å²) in [6.45, 7) is 0. The van der Waals surface area contributed by atoms with Crippen LogP contribution < -0.4 is 15.4 Å². The van der Waals surface area contributed by atoms with Crippen LogP contribution in [0.3, 0.4) is 0 Å². The molecule has 8 heteroatoms. The van der Waals surface area contributed by atoms with Crippen molar-refractivity contribution in [1.29, 1.82) is 5.26 Å². The van der Waals surface area contributed by atoms with Gasteiger partial charge in [-0.1, -0.05) is 11.6 Å². The molecule has 0 fully saturated rings. The van der Waals surface area contributed by atoms with Gasteiger partial charge in [-0.2, -0.15) is 10.4 Å². The maximum Gasteiger partial charge on any atom is 0.267 e. The summed E-state index contributed by atoms with van der Waals surface area (Å²) < 4.78 is 5.18. The second kappa shape index (κ2) is 7.59. The average molecular weight is 368 g/mol. The number of aromatic nitrogens is 2. The van der Waals surface area contributed by atoms with Gasteiger partial charge in [-0.3, -0.25) is 9.89 Å². The van der Waals surface area contributed by atoms with E-state index in [4.69, 9.17) is 16.3 Å². The number of hydrogen-bond acceptors (Lipinski definition) is 5. The maximum absolute atomic E-state index is 12.4. The van der Waals surface area contributed by atoms with Gasteiger partial charge in [-0.05, 0) is 36.4 Å². The molecule has 26 heavy (non-hydrogen) atoms. The molecule has 0 radical (unpaired) electrons. The Labute approximate surface area is 154 Å². The number of nitriles is 1. The van der Waals surface area contributed by atoms with Crippen LogP contribution in [0.5, 0.6) is 5.75 Å². The Morgan fingerprint density at radius 3 is 2.96 bits per heavy atom. The lowest BCUT2D eigenvalue weighted by atomic mass is 10.2. The quantitative estimate of drug-likeness (QED) is 0.471. The molecule has 7 nitrogen and oxygen atoms in total. The molecule has 3 aromatic rings. The number of nitrogens with one attached hydrogen (secondary N) is 3. The van der Waals surface area contributed by atoms with Crippen LogP contribution in [0, 0.1) is 11.3 Å². The summed E-state index contributed by atoms with van der Waals surface area (Å²) in [6, 6.07) is 12.2. The summed E-state index contributed by atoms with van der Waals surface area (Å²) in [5.74, 6) is -0.138. The molecule has 3 rings (SSSR count). The number of carbonyl (C=O) groups excluding carboxylic acids is 1. The molecule has 0 spiro atoms. The number of amides is 1. The van der Waals surface area contributed by atoms with Gasteiger partial charge in [-0.15, -0.1) is 0 Å². The van der Waals surface area contributed by atoms with Gasteiger partial charge >= 0.3 is 0 Å². The topological polar surface area (TPSA) is 103 Å². The summed E-state index contributed by atoms with van der Waals surface area (Å²) in [6.07, 6.45) is 3.05. The molecule has 0 bridgehead atoms. The van der Waals surface area contributed by atoms with Gasteiger partial charge in [0.25, 0.3) is 5.91 Å². The highest BCUT2D eigenvalue weighted by atomic mass is 35.5. The van der Waals surface area contributed by atoms with Crippen LogP contribution in [0.2, 0.25) is 5.02 Å². The van der Waals surface area contributed by atoms with Crippen molar-refractivity contribution in [3.05, 3.63) is 59.4 Å². The number of benzene rings is 2. The normalized spacial score (nSPS) is 11.0. The molecule has 0 aliphatic rings. The van der Waals surface area contributed by atoms with Gasteiger partial charge in [-0.25, -0.2) is 0 Å². The van der Waals surface area contributed by atoms with Crippen molar-refractivity contribution in [1.82, 2.24) is 10.2 Å². The predicted octanol–water partition coefficient (Wildman–Crippen LogP) is 3.68. The van der Waals surface area contributed by atoms with Crippen molar-refractivity contribution in [3.63, 3.8) is 0 Å². The minimum absolute atomic E-state index is 0.100.